The first-order valence-corrected chi connectivity index (χ1v) is 8.15. The van der Waals surface area contributed by atoms with Crippen molar-refractivity contribution in [1.82, 2.24) is 0 Å². The molecule has 0 aromatic heterocycles. The number of anilines is 3. The van der Waals surface area contributed by atoms with Crippen LogP contribution < -0.4 is 11.1 Å². The molecule has 0 bridgehead atoms. The zero-order valence-corrected chi connectivity index (χ0v) is 14.5. The van der Waals surface area contributed by atoms with Gasteiger partial charge in [0.1, 0.15) is 5.75 Å². The number of hydrogen-bond donors (Lipinski definition) is 3. The molecule has 0 aliphatic rings. The van der Waals surface area contributed by atoms with Crippen LogP contribution in [0.4, 0.5) is 17.1 Å². The summed E-state index contributed by atoms with van der Waals surface area (Å²) in [4.78, 5) is 12.6. The van der Waals surface area contributed by atoms with Crippen LogP contribution in [0, 0.1) is 0 Å². The molecule has 0 spiro atoms. The molecule has 3 rings (SSSR count). The third-order valence-electron chi connectivity index (χ3n) is 3.65. The van der Waals surface area contributed by atoms with Crippen LogP contribution in [-0.4, -0.2) is 10.9 Å². The van der Waals surface area contributed by atoms with E-state index in [9.17, 15) is 9.90 Å². The predicted molar refractivity (Wildman–Crippen MR) is 102 cm³/mol. The van der Waals surface area contributed by atoms with Gasteiger partial charge in [0.2, 0.25) is 0 Å². The van der Waals surface area contributed by atoms with Gasteiger partial charge in [-0.1, -0.05) is 35.3 Å². The molecule has 3 aromatic carbocycles. The summed E-state index contributed by atoms with van der Waals surface area (Å²) in [5, 5.41) is 13.0. The van der Waals surface area contributed by atoms with Crippen LogP contribution in [0.25, 0.3) is 0 Å². The first-order chi connectivity index (χ1) is 12.0. The monoisotopic (exact) mass is 372 g/mol. The SMILES string of the molecule is Nc1ccccc1Nc1ccc(C(=O)c2ccc(O)cc2Cl)c(Cl)c1. The molecule has 0 amide bonds. The van der Waals surface area contributed by atoms with Gasteiger partial charge in [0.25, 0.3) is 0 Å². The zero-order valence-electron chi connectivity index (χ0n) is 13.0. The number of nitrogen functional groups attached to an aromatic ring is 1. The van der Waals surface area contributed by atoms with Crippen molar-refractivity contribution in [2.75, 3.05) is 11.1 Å². The standard InChI is InChI=1S/C19H14Cl2N2O2/c20-15-9-11(23-18-4-2-1-3-17(18)22)5-7-13(15)19(25)14-8-6-12(24)10-16(14)21/h1-10,23-24H,22H2. The highest BCUT2D eigenvalue weighted by molar-refractivity contribution is 6.38. The summed E-state index contributed by atoms with van der Waals surface area (Å²) in [6.45, 7) is 0. The van der Waals surface area contributed by atoms with E-state index in [1.807, 2.05) is 18.2 Å². The molecule has 4 nitrogen and oxygen atoms in total. The van der Waals surface area contributed by atoms with E-state index in [2.05, 4.69) is 5.32 Å². The molecule has 0 fully saturated rings. The van der Waals surface area contributed by atoms with Crippen molar-refractivity contribution >= 4 is 46.0 Å². The van der Waals surface area contributed by atoms with Crippen LogP contribution in [0.1, 0.15) is 15.9 Å². The summed E-state index contributed by atoms with van der Waals surface area (Å²) >= 11 is 12.3. The van der Waals surface area contributed by atoms with Gasteiger partial charge in [0.05, 0.1) is 21.4 Å². The summed E-state index contributed by atoms with van der Waals surface area (Å²) in [5.74, 6) is -0.326. The molecule has 0 saturated carbocycles. The largest absolute Gasteiger partial charge is 0.508 e. The highest BCUT2D eigenvalue weighted by Crippen LogP contribution is 2.30. The number of aromatic hydroxyl groups is 1. The molecule has 6 heteroatoms. The maximum absolute atomic E-state index is 12.6. The number of nitrogens with one attached hydrogen (secondary N) is 1. The lowest BCUT2D eigenvalue weighted by atomic mass is 10.0. The molecule has 0 radical (unpaired) electrons. The number of halogens is 2. The van der Waals surface area contributed by atoms with E-state index >= 15 is 0 Å². The Morgan fingerprint density at radius 3 is 2.20 bits per heavy atom. The highest BCUT2D eigenvalue weighted by atomic mass is 35.5. The van der Waals surface area contributed by atoms with E-state index in [0.717, 1.165) is 5.69 Å². The van der Waals surface area contributed by atoms with Crippen LogP contribution in [0.5, 0.6) is 5.75 Å². The van der Waals surface area contributed by atoms with Crippen LogP contribution in [-0.2, 0) is 0 Å². The quantitative estimate of drug-likeness (QED) is 0.431. The molecule has 3 aromatic rings. The van der Waals surface area contributed by atoms with Crippen LogP contribution >= 0.6 is 23.2 Å². The smallest absolute Gasteiger partial charge is 0.196 e. The number of carbonyl (C=O) groups is 1. The molecule has 126 valence electrons. The summed E-state index contributed by atoms with van der Waals surface area (Å²) in [6, 6.07) is 16.5. The van der Waals surface area contributed by atoms with Gasteiger partial charge < -0.3 is 16.2 Å². The molecule has 0 unspecified atom stereocenters. The fourth-order valence-electron chi connectivity index (χ4n) is 2.38. The first-order valence-electron chi connectivity index (χ1n) is 7.40. The normalized spacial score (nSPS) is 10.5. The van der Waals surface area contributed by atoms with E-state index in [-0.39, 0.29) is 27.1 Å². The van der Waals surface area contributed by atoms with Crippen molar-refractivity contribution in [3.05, 3.63) is 81.8 Å². The van der Waals surface area contributed by atoms with E-state index in [0.29, 0.717) is 16.9 Å². The Morgan fingerprint density at radius 2 is 1.56 bits per heavy atom. The fourth-order valence-corrected chi connectivity index (χ4v) is 2.90. The Morgan fingerprint density at radius 1 is 0.920 bits per heavy atom. The highest BCUT2D eigenvalue weighted by Gasteiger charge is 2.16. The number of phenolic OH excluding ortho intramolecular Hbond substituents is 1. The Balaban J connectivity index is 1.89. The van der Waals surface area contributed by atoms with Gasteiger partial charge >= 0.3 is 0 Å². The Labute approximate surface area is 154 Å². The maximum Gasteiger partial charge on any atom is 0.196 e. The number of para-hydroxylation sites is 2. The molecule has 0 aliphatic heterocycles. The minimum Gasteiger partial charge on any atom is -0.508 e. The second-order valence-corrected chi connectivity index (χ2v) is 6.21. The van der Waals surface area contributed by atoms with Crippen molar-refractivity contribution in [3.8, 4) is 5.75 Å². The summed E-state index contributed by atoms with van der Waals surface area (Å²) in [7, 11) is 0. The average molecular weight is 373 g/mol. The van der Waals surface area contributed by atoms with E-state index in [4.69, 9.17) is 28.9 Å². The fraction of sp³-hybridized carbons (Fsp3) is 0. The topological polar surface area (TPSA) is 75.3 Å². The Hall–Kier alpha value is -2.69. The summed E-state index contributed by atoms with van der Waals surface area (Å²) in [6.07, 6.45) is 0. The maximum atomic E-state index is 12.6. The third kappa shape index (κ3) is 3.71. The van der Waals surface area contributed by atoms with Gasteiger partial charge in [0.15, 0.2) is 5.78 Å². The number of carbonyl (C=O) groups excluding carboxylic acids is 1. The molecule has 0 aliphatic carbocycles. The van der Waals surface area contributed by atoms with Crippen molar-refractivity contribution in [3.63, 3.8) is 0 Å². The van der Waals surface area contributed by atoms with Crippen LogP contribution in [0.15, 0.2) is 60.7 Å². The molecular weight excluding hydrogens is 359 g/mol. The number of phenols is 1. The number of ketones is 1. The van der Waals surface area contributed by atoms with Crippen molar-refractivity contribution in [1.29, 1.82) is 0 Å². The average Bonchev–Trinajstić information content (AvgIpc) is 2.56. The Kier molecular flexibility index (Phi) is 4.83. The molecule has 4 N–H and O–H groups in total. The number of hydrogen-bond acceptors (Lipinski definition) is 4. The van der Waals surface area contributed by atoms with Crippen molar-refractivity contribution < 1.29 is 9.90 Å². The van der Waals surface area contributed by atoms with Gasteiger partial charge in [0, 0.05) is 16.8 Å². The number of rotatable bonds is 4. The lowest BCUT2D eigenvalue weighted by Crippen LogP contribution is -2.04. The van der Waals surface area contributed by atoms with E-state index in [1.165, 1.54) is 18.2 Å². The lowest BCUT2D eigenvalue weighted by Gasteiger charge is -2.11. The molecule has 0 atom stereocenters. The summed E-state index contributed by atoms with van der Waals surface area (Å²) < 4.78 is 0. The second-order valence-electron chi connectivity index (χ2n) is 5.40. The molecule has 25 heavy (non-hydrogen) atoms. The van der Waals surface area contributed by atoms with Crippen LogP contribution in [0.2, 0.25) is 10.0 Å². The Bertz CT molecular complexity index is 958. The molecule has 0 saturated heterocycles. The van der Waals surface area contributed by atoms with E-state index in [1.54, 1.807) is 24.3 Å². The van der Waals surface area contributed by atoms with Gasteiger partial charge in [-0.25, -0.2) is 0 Å². The van der Waals surface area contributed by atoms with Crippen molar-refractivity contribution in [2.45, 2.75) is 0 Å². The van der Waals surface area contributed by atoms with Crippen LogP contribution in [0.3, 0.4) is 0 Å². The predicted octanol–water partition coefficient (Wildman–Crippen LogP) is 5.26. The number of benzene rings is 3. The molecular formula is C19H14Cl2N2O2. The molecule has 0 heterocycles. The number of nitrogens with two attached hydrogens (primary N) is 1. The van der Waals surface area contributed by atoms with E-state index < -0.39 is 0 Å². The minimum absolute atomic E-state index is 0.00681. The van der Waals surface area contributed by atoms with Gasteiger partial charge in [-0.15, -0.1) is 0 Å². The first kappa shape index (κ1) is 17.1. The third-order valence-corrected chi connectivity index (χ3v) is 4.28. The van der Waals surface area contributed by atoms with Gasteiger partial charge in [-0.2, -0.15) is 0 Å². The zero-order chi connectivity index (χ0) is 18.0. The minimum atomic E-state index is -0.319. The van der Waals surface area contributed by atoms with Gasteiger partial charge in [-0.3, -0.25) is 4.79 Å². The van der Waals surface area contributed by atoms with Gasteiger partial charge in [-0.05, 0) is 48.5 Å². The lowest BCUT2D eigenvalue weighted by molar-refractivity contribution is 0.103. The second kappa shape index (κ2) is 7.05. The van der Waals surface area contributed by atoms with Crippen molar-refractivity contribution in [2.24, 2.45) is 0 Å². The summed E-state index contributed by atoms with van der Waals surface area (Å²) in [5.41, 5.74) is 8.56.